The summed E-state index contributed by atoms with van der Waals surface area (Å²) in [4.78, 5) is 44.1. The molecular formula is C31H45N3O6. The highest BCUT2D eigenvalue weighted by Crippen LogP contribution is 2.64. The van der Waals surface area contributed by atoms with E-state index in [4.69, 9.17) is 9.47 Å². The number of carbonyl (C=O) groups excluding carboxylic acids is 3. The molecule has 4 fully saturated rings. The quantitative estimate of drug-likeness (QED) is 0.406. The van der Waals surface area contributed by atoms with E-state index in [9.17, 15) is 19.5 Å². The molecule has 1 saturated carbocycles. The average Bonchev–Trinajstić information content (AvgIpc) is 3.54. The van der Waals surface area contributed by atoms with E-state index in [1.807, 2.05) is 27.7 Å². The van der Waals surface area contributed by atoms with Crippen LogP contribution in [0.3, 0.4) is 0 Å². The number of fused-ring (bicyclic) bond motifs is 1. The second-order valence-corrected chi connectivity index (χ2v) is 12.4. The first-order valence-corrected chi connectivity index (χ1v) is 15.2. The van der Waals surface area contributed by atoms with Crippen molar-refractivity contribution in [2.45, 2.75) is 108 Å². The molecule has 0 radical (unpaired) electrons. The van der Waals surface area contributed by atoms with Crippen LogP contribution in [-0.2, 0) is 19.1 Å². The lowest BCUT2D eigenvalue weighted by molar-refractivity contribution is -0.151. The molecule has 220 valence electrons. The molecule has 0 aromatic heterocycles. The van der Waals surface area contributed by atoms with Crippen LogP contribution in [0.2, 0.25) is 0 Å². The molecule has 6 atom stereocenters. The Hall–Kier alpha value is -2.65. The molecule has 9 nitrogen and oxygen atoms in total. The Balaban J connectivity index is 1.49. The highest BCUT2D eigenvalue weighted by molar-refractivity contribution is 6.02. The zero-order valence-electron chi connectivity index (χ0n) is 24.3. The van der Waals surface area contributed by atoms with Crippen molar-refractivity contribution in [3.63, 3.8) is 0 Å². The van der Waals surface area contributed by atoms with Gasteiger partial charge in [0, 0.05) is 11.7 Å². The summed E-state index contributed by atoms with van der Waals surface area (Å²) in [7, 11) is 0. The molecule has 4 aliphatic rings. The number of ether oxygens (including phenoxy) is 2. The Morgan fingerprint density at radius 3 is 2.40 bits per heavy atom. The molecule has 9 heteroatoms. The second kappa shape index (κ2) is 11.3. The fourth-order valence-electron chi connectivity index (χ4n) is 7.88. The van der Waals surface area contributed by atoms with Gasteiger partial charge < -0.3 is 30.1 Å². The molecule has 1 aromatic carbocycles. The number of carbonyl (C=O) groups is 3. The van der Waals surface area contributed by atoms with Crippen molar-refractivity contribution < 1.29 is 29.0 Å². The van der Waals surface area contributed by atoms with Gasteiger partial charge in [0.2, 0.25) is 17.7 Å². The Labute approximate surface area is 237 Å². The molecule has 5 rings (SSSR count). The number of nitrogens with one attached hydrogen (secondary N) is 2. The first kappa shape index (κ1) is 28.9. The van der Waals surface area contributed by atoms with Crippen LogP contribution in [0.4, 0.5) is 5.69 Å². The zero-order valence-corrected chi connectivity index (χ0v) is 24.3. The van der Waals surface area contributed by atoms with Gasteiger partial charge in [0.1, 0.15) is 17.4 Å². The maximum Gasteiger partial charge on any atom is 0.246 e. The Morgan fingerprint density at radius 1 is 1.10 bits per heavy atom. The van der Waals surface area contributed by atoms with Crippen molar-refractivity contribution in [1.82, 2.24) is 10.2 Å². The number of rotatable bonds is 10. The Bertz CT molecular complexity index is 1100. The predicted molar refractivity (Wildman–Crippen MR) is 151 cm³/mol. The van der Waals surface area contributed by atoms with E-state index in [-0.39, 0.29) is 36.3 Å². The molecule has 1 aromatic rings. The van der Waals surface area contributed by atoms with Crippen molar-refractivity contribution in [3.05, 3.63) is 24.3 Å². The minimum atomic E-state index is -1.10. The number of hydrogen-bond donors (Lipinski definition) is 3. The summed E-state index contributed by atoms with van der Waals surface area (Å²) in [5.74, 6) is -1.66. The Kier molecular flexibility index (Phi) is 8.17. The van der Waals surface area contributed by atoms with Gasteiger partial charge >= 0.3 is 0 Å². The topological polar surface area (TPSA) is 117 Å². The van der Waals surface area contributed by atoms with Crippen LogP contribution >= 0.6 is 0 Å². The SMILES string of the molecule is CCOc1ccc(NC(=O)[C@H]2[C@H]3C(=O)N([C@@H](CO)C(C)C)C(C(=O)NC4CCCCC4)C34CC[C@]2(CC)O4)cc1. The van der Waals surface area contributed by atoms with Gasteiger partial charge in [0.15, 0.2) is 0 Å². The third-order valence-corrected chi connectivity index (χ3v) is 9.85. The number of hydrogen-bond acceptors (Lipinski definition) is 6. The van der Waals surface area contributed by atoms with Crippen molar-refractivity contribution in [1.29, 1.82) is 0 Å². The van der Waals surface area contributed by atoms with Gasteiger partial charge in [-0.15, -0.1) is 0 Å². The van der Waals surface area contributed by atoms with Crippen LogP contribution in [0.25, 0.3) is 0 Å². The maximum absolute atomic E-state index is 14.4. The fraction of sp³-hybridized carbons (Fsp3) is 0.710. The molecule has 3 aliphatic heterocycles. The van der Waals surface area contributed by atoms with E-state index >= 15 is 0 Å². The number of aliphatic hydroxyl groups excluding tert-OH is 1. The summed E-state index contributed by atoms with van der Waals surface area (Å²) in [5, 5.41) is 16.7. The van der Waals surface area contributed by atoms with Crippen molar-refractivity contribution >= 4 is 23.4 Å². The largest absolute Gasteiger partial charge is 0.494 e. The standard InChI is InChI=1S/C31H45N3O6/c1-5-30-16-17-31(40-30)25(24(30)27(36)32-21-12-14-22(15-13-21)39-6-2)29(38)34(23(18-35)19(3)4)26(31)28(37)33-20-10-8-7-9-11-20/h12-15,19-20,23-26,35H,5-11,16-18H2,1-4H3,(H,32,36)(H,33,37)/t23-,24+,25-,26?,30-,31?/m0/s1. The lowest BCUT2D eigenvalue weighted by atomic mass is 9.65. The average molecular weight is 556 g/mol. The van der Waals surface area contributed by atoms with Crippen LogP contribution in [-0.4, -0.2) is 70.3 Å². The van der Waals surface area contributed by atoms with E-state index in [1.54, 1.807) is 29.2 Å². The first-order valence-electron chi connectivity index (χ1n) is 15.2. The highest BCUT2D eigenvalue weighted by Gasteiger charge is 2.79. The minimum absolute atomic E-state index is 0.0674. The third kappa shape index (κ3) is 4.69. The lowest BCUT2D eigenvalue weighted by Crippen LogP contribution is -2.60. The van der Waals surface area contributed by atoms with Crippen LogP contribution < -0.4 is 15.4 Å². The van der Waals surface area contributed by atoms with Crippen LogP contribution in [0.1, 0.15) is 79.1 Å². The van der Waals surface area contributed by atoms with Gasteiger partial charge in [-0.3, -0.25) is 14.4 Å². The number of anilines is 1. The molecule has 3 N–H and O–H groups in total. The van der Waals surface area contributed by atoms with Gasteiger partial charge in [-0.25, -0.2) is 0 Å². The van der Waals surface area contributed by atoms with E-state index in [1.165, 1.54) is 6.42 Å². The lowest BCUT2D eigenvalue weighted by Gasteiger charge is -2.39. The smallest absolute Gasteiger partial charge is 0.246 e. The third-order valence-electron chi connectivity index (χ3n) is 9.85. The molecule has 1 spiro atoms. The molecule has 1 aliphatic carbocycles. The predicted octanol–water partition coefficient (Wildman–Crippen LogP) is 3.64. The van der Waals surface area contributed by atoms with Crippen LogP contribution in [0.15, 0.2) is 24.3 Å². The molecular weight excluding hydrogens is 510 g/mol. The first-order chi connectivity index (χ1) is 19.2. The van der Waals surface area contributed by atoms with Gasteiger partial charge in [0.05, 0.1) is 36.7 Å². The summed E-state index contributed by atoms with van der Waals surface area (Å²) in [6.45, 7) is 8.07. The molecule has 2 unspecified atom stereocenters. The Morgan fingerprint density at radius 2 is 1.80 bits per heavy atom. The van der Waals surface area contributed by atoms with E-state index in [0.717, 1.165) is 25.7 Å². The van der Waals surface area contributed by atoms with Crippen LogP contribution in [0, 0.1) is 17.8 Å². The van der Waals surface area contributed by atoms with Crippen LogP contribution in [0.5, 0.6) is 5.75 Å². The summed E-state index contributed by atoms with van der Waals surface area (Å²) in [5.41, 5.74) is -1.31. The van der Waals surface area contributed by atoms with Crippen molar-refractivity contribution in [2.24, 2.45) is 17.8 Å². The minimum Gasteiger partial charge on any atom is -0.494 e. The zero-order chi connectivity index (χ0) is 28.7. The van der Waals surface area contributed by atoms with Gasteiger partial charge in [-0.05, 0) is 69.2 Å². The normalized spacial score (nSPS) is 32.3. The monoisotopic (exact) mass is 555 g/mol. The molecule has 3 heterocycles. The van der Waals surface area contributed by atoms with Gasteiger partial charge in [-0.1, -0.05) is 40.0 Å². The fourth-order valence-corrected chi connectivity index (χ4v) is 7.88. The number of aliphatic hydroxyl groups is 1. The van der Waals surface area contributed by atoms with E-state index in [2.05, 4.69) is 10.6 Å². The molecule has 40 heavy (non-hydrogen) atoms. The van der Waals surface area contributed by atoms with Crippen molar-refractivity contribution in [2.75, 3.05) is 18.5 Å². The second-order valence-electron chi connectivity index (χ2n) is 12.4. The number of likely N-dealkylation sites (tertiary alicyclic amines) is 1. The summed E-state index contributed by atoms with van der Waals surface area (Å²) >= 11 is 0. The van der Waals surface area contributed by atoms with E-state index in [0.29, 0.717) is 37.3 Å². The number of amides is 3. The summed E-state index contributed by atoms with van der Waals surface area (Å²) in [6, 6.07) is 5.81. The van der Waals surface area contributed by atoms with Gasteiger partial charge in [0.25, 0.3) is 0 Å². The molecule has 3 amide bonds. The van der Waals surface area contributed by atoms with Gasteiger partial charge in [-0.2, -0.15) is 0 Å². The van der Waals surface area contributed by atoms with Crippen molar-refractivity contribution in [3.8, 4) is 5.75 Å². The molecule has 2 bridgehead atoms. The number of benzene rings is 1. The highest BCUT2D eigenvalue weighted by atomic mass is 16.5. The summed E-state index contributed by atoms with van der Waals surface area (Å²) < 4.78 is 12.4. The molecule has 3 saturated heterocycles. The number of nitrogens with zero attached hydrogens (tertiary/aromatic N) is 1. The summed E-state index contributed by atoms with van der Waals surface area (Å²) in [6.07, 6.45) is 6.83. The van der Waals surface area contributed by atoms with E-state index < -0.39 is 35.1 Å². The maximum atomic E-state index is 14.4.